The minimum absolute atomic E-state index is 0.297. The lowest BCUT2D eigenvalue weighted by molar-refractivity contribution is -0.274. The van der Waals surface area contributed by atoms with Gasteiger partial charge in [0.05, 0.1) is 5.01 Å². The lowest BCUT2D eigenvalue weighted by Gasteiger charge is -2.32. The van der Waals surface area contributed by atoms with E-state index in [4.69, 9.17) is 0 Å². The van der Waals surface area contributed by atoms with Crippen LogP contribution in [0.3, 0.4) is 0 Å². The van der Waals surface area contributed by atoms with Gasteiger partial charge in [0.15, 0.2) is 0 Å². The Morgan fingerprint density at radius 3 is 2.54 bits per heavy atom. The standard InChI is InChI=1S/C28H32F3N3O2S/c1-3-6-19(2)17-34-15-13-21(14-16-34)27-33-25(18-37-27)26(35)32-24-8-5-4-7-23(24)20-9-11-22(12-10-20)36-28(29,30)31/h4-5,7-12,18-19,21H,3,6,13-17H2,1-2H3,(H,32,35). The summed E-state index contributed by atoms with van der Waals surface area (Å²) in [6, 6.07) is 12.7. The molecule has 4 rings (SSSR count). The number of ether oxygens (including phenoxy) is 1. The minimum Gasteiger partial charge on any atom is -0.406 e. The van der Waals surface area contributed by atoms with Crippen LogP contribution >= 0.6 is 11.3 Å². The maximum atomic E-state index is 13.0. The number of likely N-dealkylation sites (tertiary alicyclic amines) is 1. The Morgan fingerprint density at radius 2 is 1.86 bits per heavy atom. The molecule has 1 unspecified atom stereocenters. The van der Waals surface area contributed by atoms with E-state index in [2.05, 4.69) is 33.8 Å². The van der Waals surface area contributed by atoms with E-state index in [0.29, 0.717) is 34.3 Å². The molecule has 1 aromatic heterocycles. The largest absolute Gasteiger partial charge is 0.573 e. The molecule has 1 atom stereocenters. The number of halogens is 3. The van der Waals surface area contributed by atoms with Crippen LogP contribution in [0, 0.1) is 5.92 Å². The van der Waals surface area contributed by atoms with Crippen molar-refractivity contribution in [2.45, 2.75) is 51.8 Å². The van der Waals surface area contributed by atoms with Crippen LogP contribution in [0.15, 0.2) is 53.9 Å². The zero-order valence-electron chi connectivity index (χ0n) is 21.1. The number of nitrogens with zero attached hydrogens (tertiary/aromatic N) is 2. The summed E-state index contributed by atoms with van der Waals surface area (Å²) < 4.78 is 41.3. The zero-order valence-corrected chi connectivity index (χ0v) is 21.9. The first-order valence-electron chi connectivity index (χ1n) is 12.7. The van der Waals surface area contributed by atoms with Gasteiger partial charge in [0, 0.05) is 29.1 Å². The monoisotopic (exact) mass is 531 g/mol. The number of thiazole rings is 1. The van der Waals surface area contributed by atoms with Crippen LogP contribution in [0.25, 0.3) is 11.1 Å². The highest BCUT2D eigenvalue weighted by molar-refractivity contribution is 7.10. The average molecular weight is 532 g/mol. The first-order chi connectivity index (χ1) is 17.7. The predicted octanol–water partition coefficient (Wildman–Crippen LogP) is 7.58. The third-order valence-corrected chi connectivity index (χ3v) is 7.62. The molecule has 9 heteroatoms. The Morgan fingerprint density at radius 1 is 1.16 bits per heavy atom. The highest BCUT2D eigenvalue weighted by Gasteiger charge is 2.31. The molecule has 2 aromatic carbocycles. The van der Waals surface area contributed by atoms with Crippen molar-refractivity contribution in [1.29, 1.82) is 0 Å². The third-order valence-electron chi connectivity index (χ3n) is 6.62. The zero-order chi connectivity index (χ0) is 26.4. The Bertz CT molecular complexity index is 1170. The van der Waals surface area contributed by atoms with Gasteiger partial charge < -0.3 is 15.0 Å². The number of benzene rings is 2. The van der Waals surface area contributed by atoms with Gasteiger partial charge in [-0.2, -0.15) is 0 Å². The van der Waals surface area contributed by atoms with E-state index in [9.17, 15) is 18.0 Å². The van der Waals surface area contributed by atoms with Crippen LogP contribution < -0.4 is 10.1 Å². The molecule has 1 N–H and O–H groups in total. The summed E-state index contributed by atoms with van der Waals surface area (Å²) in [5, 5.41) is 5.72. The van der Waals surface area contributed by atoms with Crippen LogP contribution in [0.5, 0.6) is 5.75 Å². The highest BCUT2D eigenvalue weighted by Crippen LogP contribution is 2.33. The lowest BCUT2D eigenvalue weighted by Crippen LogP contribution is -2.36. The molecule has 0 radical (unpaired) electrons. The number of nitrogens with one attached hydrogen (secondary N) is 1. The molecule has 0 saturated carbocycles. The molecule has 1 aliphatic rings. The Labute approximate surface area is 219 Å². The summed E-state index contributed by atoms with van der Waals surface area (Å²) in [6.45, 7) is 7.80. The van der Waals surface area contributed by atoms with E-state index < -0.39 is 6.36 Å². The average Bonchev–Trinajstić information content (AvgIpc) is 3.35. The smallest absolute Gasteiger partial charge is 0.406 e. The van der Waals surface area contributed by atoms with Crippen LogP contribution in [0.2, 0.25) is 0 Å². The molecule has 5 nitrogen and oxygen atoms in total. The summed E-state index contributed by atoms with van der Waals surface area (Å²) in [5.74, 6) is 0.478. The maximum absolute atomic E-state index is 13.0. The van der Waals surface area contributed by atoms with Gasteiger partial charge in [-0.3, -0.25) is 4.79 Å². The van der Waals surface area contributed by atoms with Crippen molar-refractivity contribution in [3.8, 4) is 16.9 Å². The second-order valence-corrected chi connectivity index (χ2v) is 10.5. The second kappa shape index (κ2) is 12.1. The number of hydrogen-bond acceptors (Lipinski definition) is 5. The highest BCUT2D eigenvalue weighted by atomic mass is 32.1. The van der Waals surface area contributed by atoms with E-state index in [0.717, 1.165) is 37.5 Å². The quantitative estimate of drug-likeness (QED) is 0.309. The summed E-state index contributed by atoms with van der Waals surface area (Å²) in [5.41, 5.74) is 2.28. The molecule has 1 saturated heterocycles. The van der Waals surface area contributed by atoms with E-state index in [1.165, 1.54) is 48.4 Å². The number of rotatable bonds is 9. The molecule has 37 heavy (non-hydrogen) atoms. The van der Waals surface area contributed by atoms with Crippen molar-refractivity contribution in [2.24, 2.45) is 5.92 Å². The molecule has 0 bridgehead atoms. The van der Waals surface area contributed by atoms with Gasteiger partial charge in [0.1, 0.15) is 11.4 Å². The number of amides is 1. The summed E-state index contributed by atoms with van der Waals surface area (Å²) in [6.07, 6.45) is -0.181. The van der Waals surface area contributed by atoms with E-state index in [1.807, 2.05) is 0 Å². The molecular formula is C28H32F3N3O2S. The fourth-order valence-electron chi connectivity index (χ4n) is 4.83. The number of para-hydroxylation sites is 1. The Hall–Kier alpha value is -2.91. The van der Waals surface area contributed by atoms with Gasteiger partial charge in [0.25, 0.3) is 5.91 Å². The molecular weight excluding hydrogens is 499 g/mol. The van der Waals surface area contributed by atoms with Gasteiger partial charge in [-0.1, -0.05) is 50.6 Å². The van der Waals surface area contributed by atoms with Gasteiger partial charge in [-0.25, -0.2) is 4.98 Å². The second-order valence-electron chi connectivity index (χ2n) is 9.61. The number of carbonyl (C=O) groups excluding carboxylic acids is 1. The SMILES string of the molecule is CCCC(C)CN1CCC(c2nc(C(=O)Nc3ccccc3-c3ccc(OC(F)(F)F)cc3)cs2)CC1. The minimum atomic E-state index is -4.75. The van der Waals surface area contributed by atoms with Gasteiger partial charge in [-0.15, -0.1) is 24.5 Å². The predicted molar refractivity (Wildman–Crippen MR) is 141 cm³/mol. The fraction of sp³-hybridized carbons (Fsp3) is 0.429. The first kappa shape index (κ1) is 27.1. The van der Waals surface area contributed by atoms with Crippen LogP contribution in [-0.4, -0.2) is 41.8 Å². The maximum Gasteiger partial charge on any atom is 0.573 e. The number of anilines is 1. The first-order valence-corrected chi connectivity index (χ1v) is 13.5. The van der Waals surface area contributed by atoms with Crippen LogP contribution in [0.4, 0.5) is 18.9 Å². The van der Waals surface area contributed by atoms with Crippen molar-refractivity contribution in [3.63, 3.8) is 0 Å². The number of piperidine rings is 1. The fourth-order valence-corrected chi connectivity index (χ4v) is 5.80. The number of alkyl halides is 3. The molecule has 1 amide bonds. The van der Waals surface area contributed by atoms with Crippen LogP contribution in [-0.2, 0) is 0 Å². The van der Waals surface area contributed by atoms with E-state index >= 15 is 0 Å². The van der Waals surface area contributed by atoms with Gasteiger partial charge in [-0.05, 0) is 62.0 Å². The normalized spacial score (nSPS) is 15.9. The molecule has 0 aliphatic carbocycles. The van der Waals surface area contributed by atoms with Crippen molar-refractivity contribution >= 4 is 22.9 Å². The van der Waals surface area contributed by atoms with Crippen molar-refractivity contribution in [2.75, 3.05) is 25.0 Å². The Kier molecular flexibility index (Phi) is 8.87. The number of hydrogen-bond donors (Lipinski definition) is 1. The summed E-state index contributed by atoms with van der Waals surface area (Å²) >= 11 is 1.53. The number of aromatic nitrogens is 1. The molecule has 0 spiro atoms. The topological polar surface area (TPSA) is 54.5 Å². The summed E-state index contributed by atoms with van der Waals surface area (Å²) in [7, 11) is 0. The van der Waals surface area contributed by atoms with E-state index in [1.54, 1.807) is 29.6 Å². The lowest BCUT2D eigenvalue weighted by atomic mass is 9.96. The Balaban J connectivity index is 1.38. The third kappa shape index (κ3) is 7.55. The molecule has 3 aromatic rings. The molecule has 198 valence electrons. The van der Waals surface area contributed by atoms with E-state index in [-0.39, 0.29) is 11.7 Å². The molecule has 1 aliphatic heterocycles. The van der Waals surface area contributed by atoms with Crippen molar-refractivity contribution in [3.05, 3.63) is 64.6 Å². The molecule has 2 heterocycles. The van der Waals surface area contributed by atoms with Crippen molar-refractivity contribution in [1.82, 2.24) is 9.88 Å². The summed E-state index contributed by atoms with van der Waals surface area (Å²) in [4.78, 5) is 20.2. The van der Waals surface area contributed by atoms with Gasteiger partial charge in [0.2, 0.25) is 0 Å². The van der Waals surface area contributed by atoms with Crippen LogP contribution in [0.1, 0.15) is 60.9 Å². The molecule has 1 fully saturated rings. The van der Waals surface area contributed by atoms with Gasteiger partial charge >= 0.3 is 6.36 Å². The van der Waals surface area contributed by atoms with Crippen molar-refractivity contribution < 1.29 is 22.7 Å². The number of carbonyl (C=O) groups is 1.